The minimum atomic E-state index is 0.731. The van der Waals surface area contributed by atoms with Gasteiger partial charge in [-0.15, -0.1) is 0 Å². The first-order valence-corrected chi connectivity index (χ1v) is 8.01. The summed E-state index contributed by atoms with van der Waals surface area (Å²) in [6.07, 6.45) is 1.82. The van der Waals surface area contributed by atoms with Crippen molar-refractivity contribution in [1.29, 1.82) is 0 Å². The van der Waals surface area contributed by atoms with Crippen LogP contribution in [0.5, 0.6) is 0 Å². The summed E-state index contributed by atoms with van der Waals surface area (Å²) in [6.45, 7) is 12.0. The van der Waals surface area contributed by atoms with Crippen molar-refractivity contribution in [2.24, 2.45) is 10.8 Å². The quantitative estimate of drug-likeness (QED) is 0.806. The van der Waals surface area contributed by atoms with Crippen LogP contribution in [-0.2, 0) is 0 Å². The maximum absolute atomic E-state index is 6.20. The molecule has 1 aromatic carbocycles. The van der Waals surface area contributed by atoms with E-state index in [9.17, 15) is 0 Å². The van der Waals surface area contributed by atoms with Gasteiger partial charge in [-0.2, -0.15) is 0 Å². The van der Waals surface area contributed by atoms with E-state index in [0.717, 1.165) is 49.0 Å². The van der Waals surface area contributed by atoms with E-state index in [4.69, 9.17) is 5.84 Å². The summed E-state index contributed by atoms with van der Waals surface area (Å²) in [4.78, 5) is 9.03. The van der Waals surface area contributed by atoms with Crippen LogP contribution in [0.4, 0.5) is 0 Å². The molecule has 1 fully saturated rings. The van der Waals surface area contributed by atoms with E-state index in [1.54, 1.807) is 5.01 Å². The first-order chi connectivity index (χ1) is 11.2. The lowest BCUT2D eigenvalue weighted by atomic mass is 10.1. The first kappa shape index (κ1) is 17.1. The first-order valence-electron chi connectivity index (χ1n) is 8.01. The summed E-state index contributed by atoms with van der Waals surface area (Å²) in [7, 11) is 2.12. The van der Waals surface area contributed by atoms with Crippen molar-refractivity contribution in [2.45, 2.75) is 13.8 Å². The Morgan fingerprint density at radius 3 is 2.52 bits per heavy atom. The highest BCUT2D eigenvalue weighted by molar-refractivity contribution is 5.92. The lowest BCUT2D eigenvalue weighted by Gasteiger charge is -2.39. The fraction of sp³-hybridized carbons (Fsp3) is 0.389. The molecule has 0 bridgehead atoms. The third kappa shape index (κ3) is 3.73. The van der Waals surface area contributed by atoms with Gasteiger partial charge in [0.1, 0.15) is 0 Å². The number of guanidine groups is 1. The zero-order valence-corrected chi connectivity index (χ0v) is 14.2. The molecular weight excluding hydrogens is 286 g/mol. The smallest absolute Gasteiger partial charge is 0.220 e. The van der Waals surface area contributed by atoms with Crippen molar-refractivity contribution < 1.29 is 0 Å². The van der Waals surface area contributed by atoms with Gasteiger partial charge >= 0.3 is 0 Å². The summed E-state index contributed by atoms with van der Waals surface area (Å²) in [5.41, 5.74) is 2.51. The molecule has 0 aliphatic carbocycles. The number of allylic oxidation sites excluding steroid dienone is 1. The molecule has 122 valence electrons. The zero-order valence-electron chi connectivity index (χ0n) is 14.2. The Kier molecular flexibility index (Phi) is 5.80. The second-order valence-corrected chi connectivity index (χ2v) is 5.29. The van der Waals surface area contributed by atoms with Crippen molar-refractivity contribution in [3.8, 4) is 0 Å². The van der Waals surface area contributed by atoms with Crippen LogP contribution in [0.1, 0.15) is 19.4 Å². The zero-order chi connectivity index (χ0) is 16.8. The summed E-state index contributed by atoms with van der Waals surface area (Å²) in [5, 5.41) is 1.57. The monoisotopic (exact) mass is 311 g/mol. The van der Waals surface area contributed by atoms with Crippen LogP contribution in [0.25, 0.3) is 5.57 Å². The molecule has 5 heteroatoms. The number of aliphatic imine (C=N–C) groups is 1. The van der Waals surface area contributed by atoms with Crippen LogP contribution in [0.3, 0.4) is 0 Å². The van der Waals surface area contributed by atoms with Crippen LogP contribution in [0.15, 0.2) is 41.7 Å². The van der Waals surface area contributed by atoms with Crippen molar-refractivity contribution >= 4 is 11.5 Å². The predicted octanol–water partition coefficient (Wildman–Crippen LogP) is 1.96. The van der Waals surface area contributed by atoms with E-state index in [1.165, 1.54) is 0 Å². The van der Waals surface area contributed by atoms with Gasteiger partial charge in [-0.1, -0.05) is 38.6 Å². The largest absolute Gasteiger partial charge is 0.339 e. The Morgan fingerprint density at radius 2 is 1.91 bits per heavy atom. The molecule has 0 atom stereocenters. The molecule has 2 heterocycles. The van der Waals surface area contributed by atoms with Gasteiger partial charge in [-0.3, -0.25) is 0 Å². The summed E-state index contributed by atoms with van der Waals surface area (Å²) in [5.74, 6) is 6.96. The van der Waals surface area contributed by atoms with E-state index in [1.807, 2.05) is 38.2 Å². The summed E-state index contributed by atoms with van der Waals surface area (Å²) < 4.78 is 0. The standard InChI is InChI=1S/C16H19N5.C2H6/c1-13-15(14-6-4-3-5-7-14)12-18-16(21(13)17)20-10-8-19(2)9-11-20;1-2/h3-4,6,12H,1,8-11,17H2,2H3;1-2H3. The highest BCUT2D eigenvalue weighted by Gasteiger charge is 2.26. The van der Waals surface area contributed by atoms with Gasteiger partial charge in [-0.05, 0) is 19.2 Å². The van der Waals surface area contributed by atoms with Crippen LogP contribution in [-0.4, -0.2) is 54.0 Å². The molecule has 1 aromatic rings. The molecule has 3 rings (SSSR count). The number of likely N-dealkylation sites (N-methyl/N-ethyl adjacent to an activating group) is 1. The number of hydrazine groups is 1. The molecule has 23 heavy (non-hydrogen) atoms. The van der Waals surface area contributed by atoms with Gasteiger partial charge < -0.3 is 9.80 Å². The minimum absolute atomic E-state index is 0.731. The lowest BCUT2D eigenvalue weighted by Crippen LogP contribution is -2.54. The average Bonchev–Trinajstić information content (AvgIpc) is 2.61. The van der Waals surface area contributed by atoms with E-state index in [2.05, 4.69) is 40.6 Å². The summed E-state index contributed by atoms with van der Waals surface area (Å²) >= 11 is 0. The molecule has 0 radical (unpaired) electrons. The fourth-order valence-corrected chi connectivity index (χ4v) is 2.49. The van der Waals surface area contributed by atoms with Gasteiger partial charge in [-0.25, -0.2) is 15.8 Å². The summed E-state index contributed by atoms with van der Waals surface area (Å²) in [6, 6.07) is 11.7. The van der Waals surface area contributed by atoms with Crippen LogP contribution < -0.4 is 5.84 Å². The Labute approximate surface area is 139 Å². The minimum Gasteiger partial charge on any atom is -0.339 e. The topological polar surface area (TPSA) is 48.1 Å². The van der Waals surface area contributed by atoms with E-state index >= 15 is 0 Å². The molecule has 0 aromatic heterocycles. The van der Waals surface area contributed by atoms with E-state index in [-0.39, 0.29) is 0 Å². The molecular formula is C18H25N5. The van der Waals surface area contributed by atoms with Crippen molar-refractivity contribution in [2.75, 3.05) is 33.2 Å². The SMILES string of the molecule is C=C1C(c2c#cccc2)=CN=C(N2CCN(C)CC2)N1N.CC. The normalized spacial score (nSPS) is 18.5. The second kappa shape index (κ2) is 7.82. The Bertz CT molecular complexity index is 583. The van der Waals surface area contributed by atoms with Gasteiger partial charge in [0.25, 0.3) is 0 Å². The molecule has 2 aliphatic rings. The highest BCUT2D eigenvalue weighted by Crippen LogP contribution is 2.26. The van der Waals surface area contributed by atoms with Crippen LogP contribution in [0, 0.1) is 12.1 Å². The molecule has 0 saturated carbocycles. The van der Waals surface area contributed by atoms with Gasteiger partial charge in [0.05, 0.1) is 5.70 Å². The maximum atomic E-state index is 6.20. The number of hydrogen-bond donors (Lipinski definition) is 1. The lowest BCUT2D eigenvalue weighted by molar-refractivity contribution is 0.201. The van der Waals surface area contributed by atoms with Crippen LogP contribution >= 0.6 is 0 Å². The number of piperazine rings is 1. The predicted molar refractivity (Wildman–Crippen MR) is 95.1 cm³/mol. The van der Waals surface area contributed by atoms with Crippen LogP contribution in [0.2, 0.25) is 0 Å². The number of nitrogens with two attached hydrogens (primary N) is 1. The molecule has 2 N–H and O–H groups in total. The van der Waals surface area contributed by atoms with Crippen molar-refractivity contribution in [3.05, 3.63) is 54.4 Å². The number of rotatable bonds is 1. The number of hydrogen-bond acceptors (Lipinski definition) is 5. The Hall–Kier alpha value is -2.29. The Morgan fingerprint density at radius 1 is 1.22 bits per heavy atom. The van der Waals surface area contributed by atoms with Gasteiger partial charge in [0.15, 0.2) is 0 Å². The van der Waals surface area contributed by atoms with Crippen molar-refractivity contribution in [3.63, 3.8) is 0 Å². The Balaban J connectivity index is 0.000000924. The molecule has 0 unspecified atom stereocenters. The molecule has 0 spiro atoms. The molecule has 1 saturated heterocycles. The highest BCUT2D eigenvalue weighted by atomic mass is 15.5. The van der Waals surface area contributed by atoms with E-state index < -0.39 is 0 Å². The number of nitrogens with zero attached hydrogens (tertiary/aromatic N) is 4. The average molecular weight is 311 g/mol. The maximum Gasteiger partial charge on any atom is 0.220 e. The van der Waals surface area contributed by atoms with E-state index in [0.29, 0.717) is 0 Å². The third-order valence-corrected chi connectivity index (χ3v) is 3.85. The second-order valence-electron chi connectivity index (χ2n) is 5.29. The third-order valence-electron chi connectivity index (χ3n) is 3.85. The van der Waals surface area contributed by atoms with Gasteiger partial charge in [0, 0.05) is 43.5 Å². The fourth-order valence-electron chi connectivity index (χ4n) is 2.49. The van der Waals surface area contributed by atoms with Gasteiger partial charge in [0.2, 0.25) is 5.96 Å². The van der Waals surface area contributed by atoms with Crippen molar-refractivity contribution in [1.82, 2.24) is 14.8 Å². The molecule has 5 nitrogen and oxygen atoms in total. The molecule has 0 amide bonds. The molecule has 2 aliphatic heterocycles.